The molecule has 0 bridgehead atoms. The average molecular weight is 227 g/mol. The van der Waals surface area contributed by atoms with Crippen LogP contribution in [0.25, 0.3) is 0 Å². The predicted octanol–water partition coefficient (Wildman–Crippen LogP) is 1.95. The summed E-state index contributed by atoms with van der Waals surface area (Å²) in [6.45, 7) is 5.12. The minimum atomic E-state index is 0.150. The Morgan fingerprint density at radius 3 is 2.50 bits per heavy atom. The van der Waals surface area contributed by atoms with Gasteiger partial charge in [-0.05, 0) is 30.6 Å². The van der Waals surface area contributed by atoms with Gasteiger partial charge >= 0.3 is 0 Å². The highest BCUT2D eigenvalue weighted by molar-refractivity contribution is 5.76. The highest BCUT2D eigenvalue weighted by Gasteiger charge is 2.24. The molecule has 0 saturated heterocycles. The Bertz CT molecular complexity index is 216. The van der Waals surface area contributed by atoms with Gasteiger partial charge in [-0.3, -0.25) is 4.79 Å². The third-order valence-electron chi connectivity index (χ3n) is 3.46. The van der Waals surface area contributed by atoms with Crippen LogP contribution in [0.2, 0.25) is 0 Å². The van der Waals surface area contributed by atoms with Gasteiger partial charge in [0, 0.05) is 19.6 Å². The smallest absolute Gasteiger partial charge is 0.220 e. The monoisotopic (exact) mass is 227 g/mol. The van der Waals surface area contributed by atoms with Crippen LogP contribution >= 0.6 is 0 Å². The lowest BCUT2D eigenvalue weighted by Crippen LogP contribution is -2.35. The standard InChI is InChI=1S/C13H25NO2/c1-10(2)7-13(16)14-8-11-5-3-4-6-12(11)9-15/h10-12,15H,3-9H2,1-2H3,(H,14,16). The number of rotatable bonds is 5. The molecule has 2 atom stereocenters. The molecule has 0 aromatic heterocycles. The van der Waals surface area contributed by atoms with Crippen LogP contribution in [0.15, 0.2) is 0 Å². The molecule has 0 aromatic rings. The molecule has 16 heavy (non-hydrogen) atoms. The van der Waals surface area contributed by atoms with E-state index in [0.29, 0.717) is 24.2 Å². The summed E-state index contributed by atoms with van der Waals surface area (Å²) in [6, 6.07) is 0. The van der Waals surface area contributed by atoms with Crippen LogP contribution in [-0.2, 0) is 4.79 Å². The first kappa shape index (κ1) is 13.5. The van der Waals surface area contributed by atoms with Crippen molar-refractivity contribution in [3.63, 3.8) is 0 Å². The molecule has 1 fully saturated rings. The Morgan fingerprint density at radius 1 is 1.31 bits per heavy atom. The minimum Gasteiger partial charge on any atom is -0.396 e. The first-order valence-electron chi connectivity index (χ1n) is 6.51. The van der Waals surface area contributed by atoms with Crippen molar-refractivity contribution in [1.29, 1.82) is 0 Å². The van der Waals surface area contributed by atoms with Crippen LogP contribution in [0.3, 0.4) is 0 Å². The summed E-state index contributed by atoms with van der Waals surface area (Å²) >= 11 is 0. The molecule has 1 saturated carbocycles. The van der Waals surface area contributed by atoms with Crippen molar-refractivity contribution >= 4 is 5.91 Å². The lowest BCUT2D eigenvalue weighted by atomic mass is 9.79. The highest BCUT2D eigenvalue weighted by atomic mass is 16.3. The average Bonchev–Trinajstić information content (AvgIpc) is 2.26. The van der Waals surface area contributed by atoms with Crippen molar-refractivity contribution in [2.75, 3.05) is 13.2 Å². The number of hydrogen-bond acceptors (Lipinski definition) is 2. The van der Waals surface area contributed by atoms with Crippen molar-refractivity contribution < 1.29 is 9.90 Å². The van der Waals surface area contributed by atoms with Gasteiger partial charge in [-0.25, -0.2) is 0 Å². The van der Waals surface area contributed by atoms with E-state index in [1.54, 1.807) is 0 Å². The number of hydrogen-bond donors (Lipinski definition) is 2. The predicted molar refractivity (Wildman–Crippen MR) is 65.0 cm³/mol. The van der Waals surface area contributed by atoms with Gasteiger partial charge in [-0.15, -0.1) is 0 Å². The fraction of sp³-hybridized carbons (Fsp3) is 0.923. The van der Waals surface area contributed by atoms with E-state index in [1.165, 1.54) is 12.8 Å². The van der Waals surface area contributed by atoms with Crippen molar-refractivity contribution in [1.82, 2.24) is 5.32 Å². The Hall–Kier alpha value is -0.570. The maximum Gasteiger partial charge on any atom is 0.220 e. The van der Waals surface area contributed by atoms with Crippen LogP contribution in [0.4, 0.5) is 0 Å². The molecule has 2 unspecified atom stereocenters. The molecular formula is C13H25NO2. The molecule has 94 valence electrons. The van der Waals surface area contributed by atoms with Crippen molar-refractivity contribution in [3.8, 4) is 0 Å². The fourth-order valence-corrected chi connectivity index (χ4v) is 2.48. The lowest BCUT2D eigenvalue weighted by Gasteiger charge is -2.30. The first-order chi connectivity index (χ1) is 7.63. The number of carbonyl (C=O) groups is 1. The van der Waals surface area contributed by atoms with Crippen LogP contribution < -0.4 is 5.32 Å². The molecule has 1 aliphatic carbocycles. The van der Waals surface area contributed by atoms with Crippen molar-refractivity contribution in [2.45, 2.75) is 46.0 Å². The number of carbonyl (C=O) groups excluding carboxylic acids is 1. The summed E-state index contributed by atoms with van der Waals surface area (Å²) < 4.78 is 0. The maximum absolute atomic E-state index is 11.5. The van der Waals surface area contributed by atoms with E-state index in [2.05, 4.69) is 19.2 Å². The molecular weight excluding hydrogens is 202 g/mol. The molecule has 0 aromatic carbocycles. The molecule has 3 heteroatoms. The number of amides is 1. The van der Waals surface area contributed by atoms with E-state index in [4.69, 9.17) is 0 Å². The summed E-state index contributed by atoms with van der Waals surface area (Å²) in [5.74, 6) is 1.44. The number of aliphatic hydroxyl groups is 1. The molecule has 3 nitrogen and oxygen atoms in total. The molecule has 0 radical (unpaired) electrons. The zero-order valence-corrected chi connectivity index (χ0v) is 10.5. The van der Waals surface area contributed by atoms with E-state index < -0.39 is 0 Å². The third kappa shape index (κ3) is 4.52. The van der Waals surface area contributed by atoms with Crippen LogP contribution in [0.5, 0.6) is 0 Å². The third-order valence-corrected chi connectivity index (χ3v) is 3.46. The molecule has 1 rings (SSSR count). The van der Waals surface area contributed by atoms with Gasteiger partial charge in [0.05, 0.1) is 0 Å². The summed E-state index contributed by atoms with van der Waals surface area (Å²) in [5, 5.41) is 12.3. The van der Waals surface area contributed by atoms with Gasteiger partial charge in [-0.2, -0.15) is 0 Å². The summed E-state index contributed by atoms with van der Waals surface area (Å²) in [4.78, 5) is 11.5. The van der Waals surface area contributed by atoms with Crippen LogP contribution in [0, 0.1) is 17.8 Å². The summed E-state index contributed by atoms with van der Waals surface area (Å²) in [5.41, 5.74) is 0. The molecule has 0 spiro atoms. The van der Waals surface area contributed by atoms with Gasteiger partial charge in [0.2, 0.25) is 5.91 Å². The van der Waals surface area contributed by atoms with Crippen molar-refractivity contribution in [2.24, 2.45) is 17.8 Å². The molecule has 0 aliphatic heterocycles. The van der Waals surface area contributed by atoms with Crippen LogP contribution in [-0.4, -0.2) is 24.2 Å². The van der Waals surface area contributed by atoms with E-state index in [9.17, 15) is 9.90 Å². The quantitative estimate of drug-likeness (QED) is 0.754. The topological polar surface area (TPSA) is 49.3 Å². The second kappa shape index (κ2) is 6.89. The normalized spacial score (nSPS) is 25.8. The number of aliphatic hydroxyl groups excluding tert-OH is 1. The fourth-order valence-electron chi connectivity index (χ4n) is 2.48. The first-order valence-corrected chi connectivity index (χ1v) is 6.51. The Labute approximate surface area is 98.6 Å². The SMILES string of the molecule is CC(C)CC(=O)NCC1CCCCC1CO. The van der Waals surface area contributed by atoms with E-state index in [0.717, 1.165) is 19.4 Å². The molecule has 2 N–H and O–H groups in total. The zero-order valence-electron chi connectivity index (χ0n) is 10.5. The largest absolute Gasteiger partial charge is 0.396 e. The van der Waals surface area contributed by atoms with Crippen LogP contribution in [0.1, 0.15) is 46.0 Å². The van der Waals surface area contributed by atoms with E-state index in [1.807, 2.05) is 0 Å². The Kier molecular flexibility index (Phi) is 5.81. The molecule has 1 amide bonds. The summed E-state index contributed by atoms with van der Waals surface area (Å²) in [7, 11) is 0. The molecule has 1 aliphatic rings. The maximum atomic E-state index is 11.5. The Balaban J connectivity index is 2.27. The van der Waals surface area contributed by atoms with Gasteiger partial charge in [0.25, 0.3) is 0 Å². The van der Waals surface area contributed by atoms with E-state index >= 15 is 0 Å². The Morgan fingerprint density at radius 2 is 1.94 bits per heavy atom. The van der Waals surface area contributed by atoms with Crippen molar-refractivity contribution in [3.05, 3.63) is 0 Å². The van der Waals surface area contributed by atoms with Gasteiger partial charge in [0.15, 0.2) is 0 Å². The minimum absolute atomic E-state index is 0.150. The highest BCUT2D eigenvalue weighted by Crippen LogP contribution is 2.29. The second-order valence-electron chi connectivity index (χ2n) is 5.39. The number of nitrogens with one attached hydrogen (secondary N) is 1. The van der Waals surface area contributed by atoms with Gasteiger partial charge in [0.1, 0.15) is 0 Å². The van der Waals surface area contributed by atoms with Gasteiger partial charge in [-0.1, -0.05) is 26.7 Å². The second-order valence-corrected chi connectivity index (χ2v) is 5.39. The lowest BCUT2D eigenvalue weighted by molar-refractivity contribution is -0.122. The molecule has 0 heterocycles. The van der Waals surface area contributed by atoms with E-state index in [-0.39, 0.29) is 12.5 Å². The summed E-state index contributed by atoms with van der Waals surface area (Å²) in [6.07, 6.45) is 5.33. The zero-order chi connectivity index (χ0) is 12.0. The van der Waals surface area contributed by atoms with Gasteiger partial charge < -0.3 is 10.4 Å².